The van der Waals surface area contributed by atoms with E-state index < -0.39 is 0 Å². The molecule has 0 heterocycles. The van der Waals surface area contributed by atoms with Crippen LogP contribution in [0.25, 0.3) is 0 Å². The predicted molar refractivity (Wildman–Crippen MR) is 35.8 cm³/mol. The van der Waals surface area contributed by atoms with E-state index in [1.54, 1.807) is 0 Å². The van der Waals surface area contributed by atoms with Gasteiger partial charge in [-0.15, -0.1) is 0 Å². The highest BCUT2D eigenvalue weighted by molar-refractivity contribution is 6.08. The second kappa shape index (κ2) is 4.34. The Hall–Kier alpha value is 0.177. The summed E-state index contributed by atoms with van der Waals surface area (Å²) < 4.78 is 5.23. The highest BCUT2D eigenvalue weighted by Crippen LogP contribution is 1.86. The van der Waals surface area contributed by atoms with Gasteiger partial charge in [0.25, 0.3) is 0 Å². The molecule has 0 saturated heterocycles. The lowest BCUT2D eigenvalue weighted by Gasteiger charge is -2.03. The normalized spacial score (nSPS) is 10.7. The lowest BCUT2D eigenvalue weighted by molar-refractivity contribution is 0.0902. The molecule has 1 nitrogen and oxygen atoms in total. The van der Waals surface area contributed by atoms with E-state index >= 15 is 0 Å². The molecule has 0 amide bonds. The molecule has 0 saturated carbocycles. The molecule has 0 aliphatic carbocycles. The highest BCUT2D eigenvalue weighted by atomic mass is 28.1. The molecule has 0 rings (SSSR count). The van der Waals surface area contributed by atoms with Gasteiger partial charge in [0.1, 0.15) is 0 Å². The first-order valence-corrected chi connectivity index (χ1v) is 4.30. The third-order valence-corrected chi connectivity index (χ3v) is 1.06. The van der Waals surface area contributed by atoms with Gasteiger partial charge in [-0.05, 0) is 19.9 Å². The molecule has 44 valence electrons. The van der Waals surface area contributed by atoms with Crippen molar-refractivity contribution in [3.8, 4) is 0 Å². The van der Waals surface area contributed by atoms with Crippen LogP contribution < -0.4 is 0 Å². The smallest absolute Gasteiger partial charge is 0.0518 e. The van der Waals surface area contributed by atoms with Crippen LogP contribution in [0, 0.1) is 0 Å². The molecule has 0 atom stereocenters. The van der Waals surface area contributed by atoms with Gasteiger partial charge in [0, 0.05) is 16.8 Å². The minimum absolute atomic E-state index is 0.425. The summed E-state index contributed by atoms with van der Waals surface area (Å²) in [6.07, 6.45) is 0.425. The van der Waals surface area contributed by atoms with Crippen molar-refractivity contribution in [2.45, 2.75) is 26.0 Å². The largest absolute Gasteiger partial charge is 0.379 e. The van der Waals surface area contributed by atoms with Crippen LogP contribution in [-0.4, -0.2) is 23.0 Å². The lowest BCUT2D eigenvalue weighted by atomic mass is 10.5. The number of hydrogen-bond acceptors (Lipinski definition) is 1. The fraction of sp³-hybridized carbons (Fsp3) is 1.00. The average molecular weight is 118 g/mol. The maximum atomic E-state index is 5.23. The fourth-order valence-electron chi connectivity index (χ4n) is 0.354. The van der Waals surface area contributed by atoms with Crippen molar-refractivity contribution in [1.82, 2.24) is 0 Å². The Morgan fingerprint density at radius 2 is 2.14 bits per heavy atom. The second-order valence-electron chi connectivity index (χ2n) is 1.92. The van der Waals surface area contributed by atoms with E-state index in [0.717, 1.165) is 6.61 Å². The van der Waals surface area contributed by atoms with Crippen molar-refractivity contribution < 1.29 is 4.74 Å². The first-order valence-electron chi connectivity index (χ1n) is 2.89. The van der Waals surface area contributed by atoms with Crippen LogP contribution in [0.4, 0.5) is 0 Å². The van der Waals surface area contributed by atoms with Crippen molar-refractivity contribution in [2.24, 2.45) is 0 Å². The van der Waals surface area contributed by atoms with Crippen molar-refractivity contribution in [3.63, 3.8) is 0 Å². The van der Waals surface area contributed by atoms with Gasteiger partial charge in [0.05, 0.1) is 6.10 Å². The van der Waals surface area contributed by atoms with E-state index in [0.29, 0.717) is 6.10 Å². The van der Waals surface area contributed by atoms with E-state index in [9.17, 15) is 0 Å². The molecule has 0 aromatic heterocycles. The highest BCUT2D eigenvalue weighted by Gasteiger charge is 1.87. The summed E-state index contributed by atoms with van der Waals surface area (Å²) in [4.78, 5) is 0. The number of hydrogen-bond donors (Lipinski definition) is 0. The molecule has 0 aromatic rings. The molecule has 0 N–H and O–H groups in total. The predicted octanol–water partition coefficient (Wildman–Crippen LogP) is 0.195. The Morgan fingerprint density at radius 1 is 1.57 bits per heavy atom. The van der Waals surface area contributed by atoms with Gasteiger partial charge < -0.3 is 4.74 Å². The summed E-state index contributed by atoms with van der Waals surface area (Å²) in [6.45, 7) is 5.10. The average Bonchev–Trinajstić information content (AvgIpc) is 1.61. The summed E-state index contributed by atoms with van der Waals surface area (Å²) in [5, 5.41) is 0. The third-order valence-electron chi connectivity index (χ3n) is 0.655. The van der Waals surface area contributed by atoms with Crippen LogP contribution in [0.1, 0.15) is 13.8 Å². The molecular weight excluding hydrogens is 104 g/mol. The summed E-state index contributed by atoms with van der Waals surface area (Å²) >= 11 is 0. The summed E-state index contributed by atoms with van der Waals surface area (Å²) in [7, 11) is 1.27. The summed E-state index contributed by atoms with van der Waals surface area (Å²) in [6, 6.07) is 1.26. The quantitative estimate of drug-likeness (QED) is 0.481. The van der Waals surface area contributed by atoms with E-state index in [1.807, 2.05) is 0 Å². The van der Waals surface area contributed by atoms with Gasteiger partial charge in [-0.1, -0.05) is 0 Å². The van der Waals surface area contributed by atoms with Crippen LogP contribution in [0.2, 0.25) is 6.04 Å². The molecular formula is C5H14OSi. The Bertz CT molecular complexity index is 37.1. The van der Waals surface area contributed by atoms with Gasteiger partial charge in [-0.25, -0.2) is 0 Å². The van der Waals surface area contributed by atoms with Crippen molar-refractivity contribution in [1.29, 1.82) is 0 Å². The number of rotatable bonds is 3. The van der Waals surface area contributed by atoms with E-state index in [2.05, 4.69) is 13.8 Å². The van der Waals surface area contributed by atoms with Crippen LogP contribution in [0.3, 0.4) is 0 Å². The minimum Gasteiger partial charge on any atom is -0.379 e. The van der Waals surface area contributed by atoms with Crippen molar-refractivity contribution in [2.75, 3.05) is 6.61 Å². The fourth-order valence-corrected chi connectivity index (χ4v) is 0.589. The Morgan fingerprint density at radius 3 is 2.29 bits per heavy atom. The topological polar surface area (TPSA) is 9.23 Å². The van der Waals surface area contributed by atoms with Gasteiger partial charge in [-0.3, -0.25) is 0 Å². The first kappa shape index (κ1) is 7.18. The van der Waals surface area contributed by atoms with E-state index in [-0.39, 0.29) is 0 Å². The van der Waals surface area contributed by atoms with Crippen LogP contribution >= 0.6 is 0 Å². The molecule has 0 fully saturated rings. The summed E-state index contributed by atoms with van der Waals surface area (Å²) in [5.74, 6) is 0. The maximum absolute atomic E-state index is 5.23. The Labute approximate surface area is 48.5 Å². The monoisotopic (exact) mass is 118 g/mol. The van der Waals surface area contributed by atoms with E-state index in [4.69, 9.17) is 4.74 Å². The standard InChI is InChI=1S/C5H14OSi/c1-5(2)6-3-4-7/h5H,3-4H2,1-2,7H3. The van der Waals surface area contributed by atoms with Crippen LogP contribution in [0.5, 0.6) is 0 Å². The Balaban J connectivity index is 2.68. The number of ether oxygens (including phenoxy) is 1. The maximum Gasteiger partial charge on any atom is 0.0518 e. The van der Waals surface area contributed by atoms with Crippen molar-refractivity contribution in [3.05, 3.63) is 0 Å². The lowest BCUT2D eigenvalue weighted by Crippen LogP contribution is -2.02. The molecule has 0 bridgehead atoms. The molecule has 0 aliphatic heterocycles. The van der Waals surface area contributed by atoms with E-state index in [1.165, 1.54) is 16.3 Å². The van der Waals surface area contributed by atoms with Gasteiger partial charge in [-0.2, -0.15) is 0 Å². The zero-order valence-corrected chi connectivity index (χ0v) is 7.40. The van der Waals surface area contributed by atoms with Crippen LogP contribution in [-0.2, 0) is 4.74 Å². The molecule has 0 spiro atoms. The molecule has 0 aromatic carbocycles. The third kappa shape index (κ3) is 6.18. The van der Waals surface area contributed by atoms with Gasteiger partial charge >= 0.3 is 0 Å². The minimum atomic E-state index is 0.425. The molecule has 7 heavy (non-hydrogen) atoms. The molecule has 0 radical (unpaired) electrons. The van der Waals surface area contributed by atoms with Gasteiger partial charge in [0.15, 0.2) is 0 Å². The van der Waals surface area contributed by atoms with Crippen LogP contribution in [0.15, 0.2) is 0 Å². The molecule has 2 heteroatoms. The molecule has 0 unspecified atom stereocenters. The first-order chi connectivity index (χ1) is 3.27. The molecule has 0 aliphatic rings. The van der Waals surface area contributed by atoms with Gasteiger partial charge in [0.2, 0.25) is 0 Å². The van der Waals surface area contributed by atoms with Crippen molar-refractivity contribution >= 4 is 10.2 Å². The Kier molecular flexibility index (Phi) is 4.45. The zero-order valence-electron chi connectivity index (χ0n) is 5.40. The summed E-state index contributed by atoms with van der Waals surface area (Å²) in [5.41, 5.74) is 0. The second-order valence-corrected chi connectivity index (χ2v) is 2.92. The zero-order chi connectivity index (χ0) is 5.70. The SMILES string of the molecule is CC(C)OCC[SiH3].